The molecule has 3 aromatic rings. The first-order valence-corrected chi connectivity index (χ1v) is 12.0. The molecule has 1 amide bonds. The molecule has 1 fully saturated rings. The van der Waals surface area contributed by atoms with Crippen LogP contribution in [0.1, 0.15) is 50.0 Å². The van der Waals surface area contributed by atoms with E-state index in [1.54, 1.807) is 10.7 Å². The molecule has 0 saturated carbocycles. The summed E-state index contributed by atoms with van der Waals surface area (Å²) in [6, 6.07) is 7.71. The van der Waals surface area contributed by atoms with Crippen molar-refractivity contribution in [1.82, 2.24) is 24.3 Å². The average Bonchev–Trinajstić information content (AvgIpc) is 3.43. The first-order valence-electron chi connectivity index (χ1n) is 10.5. The second kappa shape index (κ2) is 8.83. The molecule has 1 aliphatic rings. The van der Waals surface area contributed by atoms with Crippen molar-refractivity contribution in [3.63, 3.8) is 0 Å². The third-order valence-corrected chi connectivity index (χ3v) is 7.26. The number of aromatic nitrogens is 4. The fourth-order valence-electron chi connectivity index (χ4n) is 3.58. The summed E-state index contributed by atoms with van der Waals surface area (Å²) in [6.45, 7) is 7.08. The Hall–Kier alpha value is -3.05. The minimum absolute atomic E-state index is 0.0666. The lowest BCUT2D eigenvalue weighted by molar-refractivity contribution is 0.102. The first kappa shape index (κ1) is 22.2. The summed E-state index contributed by atoms with van der Waals surface area (Å²) in [7, 11) is -3.58. The number of anilines is 1. The van der Waals surface area contributed by atoms with Crippen molar-refractivity contribution >= 4 is 21.9 Å². The molecule has 2 aromatic heterocycles. The molecule has 32 heavy (non-hydrogen) atoms. The van der Waals surface area contributed by atoms with E-state index in [0.29, 0.717) is 24.7 Å². The highest BCUT2D eigenvalue weighted by molar-refractivity contribution is 7.89. The molecule has 1 unspecified atom stereocenters. The summed E-state index contributed by atoms with van der Waals surface area (Å²) in [5, 5.41) is 14.6. The van der Waals surface area contributed by atoms with Gasteiger partial charge in [0.1, 0.15) is 5.69 Å². The number of sulfonamides is 1. The van der Waals surface area contributed by atoms with Gasteiger partial charge in [0.2, 0.25) is 10.0 Å². The quantitative estimate of drug-likeness (QED) is 0.602. The molecule has 1 aliphatic heterocycles. The van der Waals surface area contributed by atoms with Crippen molar-refractivity contribution in [3.05, 3.63) is 42.1 Å². The zero-order valence-electron chi connectivity index (χ0n) is 18.2. The lowest BCUT2D eigenvalue weighted by atomic mass is 10.0. The van der Waals surface area contributed by atoms with Crippen LogP contribution < -0.4 is 5.32 Å². The van der Waals surface area contributed by atoms with Crippen molar-refractivity contribution in [2.24, 2.45) is 5.92 Å². The standard InChI is InChI=1S/C21H26N6O4S/c1-14(2)27-12-10-18(25-27)20-23-24-21(31-20)22-19(28)16-6-8-17(9-7-16)32(29,30)26-11-4-5-15(3)13-26/h6-10,12,14-15H,4-5,11,13H2,1-3H3,(H,22,24,28). The summed E-state index contributed by atoms with van der Waals surface area (Å²) < 4.78 is 34.5. The third kappa shape index (κ3) is 4.58. The van der Waals surface area contributed by atoms with Gasteiger partial charge in [-0.3, -0.25) is 14.8 Å². The van der Waals surface area contributed by atoms with Gasteiger partial charge < -0.3 is 4.42 Å². The minimum Gasteiger partial charge on any atom is -0.401 e. The van der Waals surface area contributed by atoms with Crippen LogP contribution in [-0.2, 0) is 10.0 Å². The Labute approximate surface area is 186 Å². The molecule has 0 bridgehead atoms. The van der Waals surface area contributed by atoms with Gasteiger partial charge in [-0.05, 0) is 62.9 Å². The van der Waals surface area contributed by atoms with Gasteiger partial charge in [0.15, 0.2) is 0 Å². The fourth-order valence-corrected chi connectivity index (χ4v) is 5.18. The number of piperidine rings is 1. The van der Waals surface area contributed by atoms with Crippen LogP contribution in [0.2, 0.25) is 0 Å². The van der Waals surface area contributed by atoms with E-state index < -0.39 is 15.9 Å². The van der Waals surface area contributed by atoms with Crippen LogP contribution in [0.4, 0.5) is 6.01 Å². The van der Waals surface area contributed by atoms with Gasteiger partial charge in [-0.1, -0.05) is 12.0 Å². The van der Waals surface area contributed by atoms with Crippen LogP contribution >= 0.6 is 0 Å². The number of amides is 1. The minimum atomic E-state index is -3.58. The number of nitrogens with one attached hydrogen (secondary N) is 1. The SMILES string of the molecule is CC1CCCN(S(=O)(=O)c2ccc(C(=O)Nc3nnc(-c4ccn(C(C)C)n4)o3)cc2)C1. The molecule has 4 rings (SSSR count). The molecule has 1 saturated heterocycles. The molecule has 1 atom stereocenters. The monoisotopic (exact) mass is 458 g/mol. The maximum absolute atomic E-state index is 12.9. The number of hydrogen-bond donors (Lipinski definition) is 1. The van der Waals surface area contributed by atoms with Crippen molar-refractivity contribution < 1.29 is 17.6 Å². The largest absolute Gasteiger partial charge is 0.401 e. The number of rotatable bonds is 6. The third-order valence-electron chi connectivity index (χ3n) is 5.38. The van der Waals surface area contributed by atoms with Crippen LogP contribution in [0.5, 0.6) is 0 Å². The molecule has 0 aliphatic carbocycles. The molecule has 10 nitrogen and oxygen atoms in total. The van der Waals surface area contributed by atoms with Gasteiger partial charge in [-0.2, -0.15) is 9.40 Å². The highest BCUT2D eigenvalue weighted by Crippen LogP contribution is 2.24. The summed E-state index contributed by atoms with van der Waals surface area (Å²) >= 11 is 0. The summed E-state index contributed by atoms with van der Waals surface area (Å²) in [4.78, 5) is 12.7. The Bertz CT molecular complexity index is 1200. The second-order valence-electron chi connectivity index (χ2n) is 8.28. The molecule has 3 heterocycles. The van der Waals surface area contributed by atoms with Crippen molar-refractivity contribution in [2.45, 2.75) is 44.6 Å². The van der Waals surface area contributed by atoms with Gasteiger partial charge in [0.25, 0.3) is 11.8 Å². The van der Waals surface area contributed by atoms with Crippen LogP contribution in [0.15, 0.2) is 45.8 Å². The van der Waals surface area contributed by atoms with Crippen LogP contribution in [0.25, 0.3) is 11.6 Å². The highest BCUT2D eigenvalue weighted by Gasteiger charge is 2.28. The molecule has 1 aromatic carbocycles. The van der Waals surface area contributed by atoms with Crippen LogP contribution in [-0.4, -0.2) is 51.7 Å². The van der Waals surface area contributed by atoms with E-state index in [-0.39, 0.29) is 28.4 Å². The fraction of sp³-hybridized carbons (Fsp3) is 0.429. The smallest absolute Gasteiger partial charge is 0.322 e. The Morgan fingerprint density at radius 3 is 2.59 bits per heavy atom. The normalized spacial score (nSPS) is 17.6. The van der Waals surface area contributed by atoms with Crippen LogP contribution in [0, 0.1) is 5.92 Å². The van der Waals surface area contributed by atoms with E-state index in [0.717, 1.165) is 12.8 Å². The average molecular weight is 459 g/mol. The Balaban J connectivity index is 1.44. The number of carbonyl (C=O) groups is 1. The number of nitrogens with zero attached hydrogens (tertiary/aromatic N) is 5. The van der Waals surface area contributed by atoms with E-state index >= 15 is 0 Å². The second-order valence-corrected chi connectivity index (χ2v) is 10.2. The molecule has 1 N–H and O–H groups in total. The number of carbonyl (C=O) groups excluding carboxylic acids is 1. The van der Waals surface area contributed by atoms with E-state index in [9.17, 15) is 13.2 Å². The molecule has 170 valence electrons. The van der Waals surface area contributed by atoms with Gasteiger partial charge >= 0.3 is 6.01 Å². The van der Waals surface area contributed by atoms with E-state index in [4.69, 9.17) is 4.42 Å². The Kier molecular flexibility index (Phi) is 6.11. The zero-order chi connectivity index (χ0) is 22.9. The topological polar surface area (TPSA) is 123 Å². The van der Waals surface area contributed by atoms with Gasteiger partial charge in [-0.15, -0.1) is 5.10 Å². The lowest BCUT2D eigenvalue weighted by Crippen LogP contribution is -2.39. The zero-order valence-corrected chi connectivity index (χ0v) is 19.0. The number of hydrogen-bond acceptors (Lipinski definition) is 7. The lowest BCUT2D eigenvalue weighted by Gasteiger charge is -2.30. The van der Waals surface area contributed by atoms with Crippen molar-refractivity contribution in [3.8, 4) is 11.6 Å². The molecule has 11 heteroatoms. The first-order chi connectivity index (χ1) is 15.2. The summed E-state index contributed by atoms with van der Waals surface area (Å²) in [5.74, 6) is 0.0439. The van der Waals surface area contributed by atoms with Crippen molar-refractivity contribution in [1.29, 1.82) is 0 Å². The molecular weight excluding hydrogens is 432 g/mol. The summed E-state index contributed by atoms with van der Waals surface area (Å²) in [6.07, 6.45) is 3.69. The van der Waals surface area contributed by atoms with Crippen molar-refractivity contribution in [2.75, 3.05) is 18.4 Å². The van der Waals surface area contributed by atoms with Crippen LogP contribution in [0.3, 0.4) is 0 Å². The van der Waals surface area contributed by atoms with E-state index in [2.05, 4.69) is 20.6 Å². The molecular formula is C21H26N6O4S. The Morgan fingerprint density at radius 1 is 1.19 bits per heavy atom. The van der Waals surface area contributed by atoms with Gasteiger partial charge in [0.05, 0.1) is 4.90 Å². The maximum atomic E-state index is 12.9. The Morgan fingerprint density at radius 2 is 1.94 bits per heavy atom. The molecule has 0 radical (unpaired) electrons. The predicted octanol–water partition coefficient (Wildman–Crippen LogP) is 3.19. The predicted molar refractivity (Wildman–Crippen MR) is 117 cm³/mol. The number of benzene rings is 1. The highest BCUT2D eigenvalue weighted by atomic mass is 32.2. The molecule has 0 spiro atoms. The van der Waals surface area contributed by atoms with Gasteiger partial charge in [-0.25, -0.2) is 8.42 Å². The summed E-state index contributed by atoms with van der Waals surface area (Å²) in [5.41, 5.74) is 0.785. The maximum Gasteiger partial charge on any atom is 0.322 e. The van der Waals surface area contributed by atoms with E-state index in [1.807, 2.05) is 27.0 Å². The van der Waals surface area contributed by atoms with E-state index in [1.165, 1.54) is 28.6 Å². The van der Waals surface area contributed by atoms with Gasteiger partial charge in [0, 0.05) is 30.9 Å².